The first-order valence-corrected chi connectivity index (χ1v) is 12.4. The molecule has 1 heterocycles. The lowest BCUT2D eigenvalue weighted by Crippen LogP contribution is -2.36. The summed E-state index contributed by atoms with van der Waals surface area (Å²) < 4.78 is 0. The summed E-state index contributed by atoms with van der Waals surface area (Å²) in [5, 5.41) is 1.07. The third kappa shape index (κ3) is 4.27. The highest BCUT2D eigenvalue weighted by atomic mass is 31.1. The smallest absolute Gasteiger partial charge is 0.156 e. The van der Waals surface area contributed by atoms with Gasteiger partial charge in [-0.3, -0.25) is 4.79 Å². The summed E-state index contributed by atoms with van der Waals surface area (Å²) in [5.41, 5.74) is 3.77. The van der Waals surface area contributed by atoms with E-state index in [1.807, 2.05) is 6.08 Å². The molecule has 0 bridgehead atoms. The number of terminal acetylenes is 1. The number of rotatable bonds is 6. The van der Waals surface area contributed by atoms with Crippen molar-refractivity contribution >= 4 is 19.0 Å². The summed E-state index contributed by atoms with van der Waals surface area (Å²) in [7, 11) is -0.611. The average Bonchev–Trinajstić information content (AvgIpc) is 2.84. The molecule has 0 N–H and O–H groups in total. The van der Waals surface area contributed by atoms with Crippen molar-refractivity contribution in [3.63, 3.8) is 0 Å². The second-order valence-electron chi connectivity index (χ2n) is 7.87. The topological polar surface area (TPSA) is 17.1 Å². The molecule has 0 spiro atoms. The SMILES string of the molecule is C#CCCC(=O)C=C1CCCP(c2ccccc2)C1(c1ccccc1)c1ccccc1. The lowest BCUT2D eigenvalue weighted by molar-refractivity contribution is -0.114. The first-order valence-electron chi connectivity index (χ1n) is 10.9. The maximum absolute atomic E-state index is 12.9. The number of carbonyl (C=O) groups is 1. The van der Waals surface area contributed by atoms with Crippen molar-refractivity contribution in [2.45, 2.75) is 30.8 Å². The normalized spacial score (nSPS) is 18.9. The standard InChI is InChI=1S/C29H27OP/c1-2-3-19-27(30)23-26-18-13-22-31(28-20-11-6-12-21-28)29(26,24-14-7-4-8-15-24)25-16-9-5-10-17-25/h1,4-12,14-17,20-21,23H,3,13,18-19,22H2. The van der Waals surface area contributed by atoms with Crippen molar-refractivity contribution in [2.75, 3.05) is 6.16 Å². The molecule has 1 unspecified atom stereocenters. The van der Waals surface area contributed by atoms with Gasteiger partial charge in [0.2, 0.25) is 0 Å². The molecule has 1 aliphatic rings. The fourth-order valence-electron chi connectivity index (χ4n) is 4.73. The Labute approximate surface area is 187 Å². The van der Waals surface area contributed by atoms with Crippen molar-refractivity contribution in [3.05, 3.63) is 114 Å². The van der Waals surface area contributed by atoms with E-state index in [2.05, 4.69) is 96.9 Å². The third-order valence-electron chi connectivity index (χ3n) is 6.00. The number of carbonyl (C=O) groups excluding carboxylic acids is 1. The lowest BCUT2D eigenvalue weighted by Gasteiger charge is -2.48. The molecule has 1 fully saturated rings. The second-order valence-corrected chi connectivity index (χ2v) is 10.4. The summed E-state index contributed by atoms with van der Waals surface area (Å²) in [4.78, 5) is 12.9. The molecule has 3 aromatic rings. The molecular formula is C29H27OP. The Morgan fingerprint density at radius 3 is 2.00 bits per heavy atom. The van der Waals surface area contributed by atoms with Crippen LogP contribution in [0.25, 0.3) is 0 Å². The molecule has 0 aliphatic carbocycles. The number of hydrogen-bond acceptors (Lipinski definition) is 1. The van der Waals surface area contributed by atoms with Crippen molar-refractivity contribution in [1.29, 1.82) is 0 Å². The van der Waals surface area contributed by atoms with Gasteiger partial charge < -0.3 is 0 Å². The minimum atomic E-state index is -0.611. The van der Waals surface area contributed by atoms with Crippen LogP contribution in [0.5, 0.6) is 0 Å². The Morgan fingerprint density at radius 1 is 0.903 bits per heavy atom. The molecule has 1 atom stereocenters. The summed E-state index contributed by atoms with van der Waals surface area (Å²) >= 11 is 0. The first kappa shape index (κ1) is 21.3. The number of ketones is 1. The molecule has 0 radical (unpaired) electrons. The van der Waals surface area contributed by atoms with E-state index in [0.29, 0.717) is 12.8 Å². The molecule has 0 saturated carbocycles. The predicted octanol–water partition coefficient (Wildman–Crippen LogP) is 6.44. The van der Waals surface area contributed by atoms with Gasteiger partial charge in [0, 0.05) is 12.8 Å². The van der Waals surface area contributed by atoms with Crippen molar-refractivity contribution in [1.82, 2.24) is 0 Å². The van der Waals surface area contributed by atoms with Crippen LogP contribution >= 0.6 is 7.92 Å². The number of benzene rings is 3. The fourth-order valence-corrected chi connectivity index (χ4v) is 8.16. The van der Waals surface area contributed by atoms with Gasteiger partial charge in [-0.1, -0.05) is 98.9 Å². The maximum atomic E-state index is 12.9. The summed E-state index contributed by atoms with van der Waals surface area (Å²) in [6.45, 7) is 0. The van der Waals surface area contributed by atoms with Gasteiger partial charge >= 0.3 is 0 Å². The molecule has 1 aliphatic heterocycles. The van der Waals surface area contributed by atoms with Crippen molar-refractivity contribution in [3.8, 4) is 12.3 Å². The Morgan fingerprint density at radius 2 is 1.45 bits per heavy atom. The van der Waals surface area contributed by atoms with Crippen LogP contribution in [-0.4, -0.2) is 11.9 Å². The molecule has 2 heteroatoms. The van der Waals surface area contributed by atoms with Gasteiger partial charge in [-0.2, -0.15) is 0 Å². The van der Waals surface area contributed by atoms with Gasteiger partial charge in [-0.15, -0.1) is 12.3 Å². The van der Waals surface area contributed by atoms with E-state index in [4.69, 9.17) is 6.42 Å². The van der Waals surface area contributed by atoms with Crippen LogP contribution < -0.4 is 5.30 Å². The van der Waals surface area contributed by atoms with E-state index in [1.165, 1.54) is 22.0 Å². The van der Waals surface area contributed by atoms with Gasteiger partial charge in [0.05, 0.1) is 5.16 Å². The highest BCUT2D eigenvalue weighted by Crippen LogP contribution is 2.66. The fraction of sp³-hybridized carbons (Fsp3) is 0.207. The molecule has 31 heavy (non-hydrogen) atoms. The van der Waals surface area contributed by atoms with Crippen LogP contribution in [0.15, 0.2) is 103 Å². The largest absolute Gasteiger partial charge is 0.295 e. The Balaban J connectivity index is 1.99. The van der Waals surface area contributed by atoms with Gasteiger partial charge in [-0.25, -0.2) is 0 Å². The molecule has 1 saturated heterocycles. The Kier molecular flexibility index (Phi) is 6.81. The van der Waals surface area contributed by atoms with Crippen molar-refractivity contribution in [2.24, 2.45) is 0 Å². The van der Waals surface area contributed by atoms with E-state index in [0.717, 1.165) is 19.0 Å². The van der Waals surface area contributed by atoms with E-state index in [9.17, 15) is 4.79 Å². The minimum absolute atomic E-state index is 0.133. The van der Waals surface area contributed by atoms with Crippen LogP contribution in [0.2, 0.25) is 0 Å². The van der Waals surface area contributed by atoms with E-state index in [-0.39, 0.29) is 10.9 Å². The predicted molar refractivity (Wildman–Crippen MR) is 132 cm³/mol. The van der Waals surface area contributed by atoms with Gasteiger partial charge in [0.15, 0.2) is 5.78 Å². The first-order chi connectivity index (χ1) is 15.3. The highest BCUT2D eigenvalue weighted by molar-refractivity contribution is 7.67. The molecule has 154 valence electrons. The van der Waals surface area contributed by atoms with Crippen LogP contribution in [-0.2, 0) is 9.95 Å². The zero-order valence-corrected chi connectivity index (χ0v) is 18.6. The maximum Gasteiger partial charge on any atom is 0.156 e. The molecule has 0 amide bonds. The molecular weight excluding hydrogens is 395 g/mol. The van der Waals surface area contributed by atoms with E-state index < -0.39 is 7.92 Å². The van der Waals surface area contributed by atoms with Gasteiger partial charge in [0.25, 0.3) is 0 Å². The number of allylic oxidation sites excluding steroid dienone is 2. The monoisotopic (exact) mass is 422 g/mol. The van der Waals surface area contributed by atoms with Gasteiger partial charge in [-0.05, 0) is 47.1 Å². The van der Waals surface area contributed by atoms with Crippen LogP contribution in [0.1, 0.15) is 36.8 Å². The third-order valence-corrected chi connectivity index (χ3v) is 9.30. The van der Waals surface area contributed by atoms with Crippen molar-refractivity contribution < 1.29 is 4.79 Å². The average molecular weight is 423 g/mol. The minimum Gasteiger partial charge on any atom is -0.295 e. The second kappa shape index (κ2) is 9.91. The Hall–Kier alpha value is -2.94. The molecule has 4 rings (SSSR count). The zero-order valence-electron chi connectivity index (χ0n) is 17.7. The highest BCUT2D eigenvalue weighted by Gasteiger charge is 2.47. The summed E-state index contributed by atoms with van der Waals surface area (Å²) in [5.74, 6) is 2.74. The lowest BCUT2D eigenvalue weighted by atomic mass is 9.80. The van der Waals surface area contributed by atoms with Crippen LogP contribution in [0.4, 0.5) is 0 Å². The van der Waals surface area contributed by atoms with E-state index >= 15 is 0 Å². The quantitative estimate of drug-likeness (QED) is 0.254. The summed E-state index contributed by atoms with van der Waals surface area (Å²) in [6.07, 6.45) is 11.4. The van der Waals surface area contributed by atoms with Gasteiger partial charge in [0.1, 0.15) is 0 Å². The Bertz CT molecular complexity index is 1040. The van der Waals surface area contributed by atoms with E-state index in [1.54, 1.807) is 0 Å². The van der Waals surface area contributed by atoms with Crippen LogP contribution in [0, 0.1) is 12.3 Å². The molecule has 1 nitrogen and oxygen atoms in total. The number of hydrogen-bond donors (Lipinski definition) is 0. The molecule has 0 aromatic heterocycles. The summed E-state index contributed by atoms with van der Waals surface area (Å²) in [6, 6.07) is 32.4. The van der Waals surface area contributed by atoms with Crippen LogP contribution in [0.3, 0.4) is 0 Å². The zero-order chi connectivity index (χ0) is 21.5. The molecule has 3 aromatic carbocycles.